The van der Waals surface area contributed by atoms with E-state index >= 15 is 0 Å². The lowest BCUT2D eigenvalue weighted by molar-refractivity contribution is -0.138. The molecule has 0 aliphatic heterocycles. The first-order valence-electron chi connectivity index (χ1n) is 9.24. The normalized spacial score (nSPS) is 13.3. The maximum absolute atomic E-state index is 13.1. The number of pyridine rings is 1. The van der Waals surface area contributed by atoms with Gasteiger partial charge in [0.15, 0.2) is 15.7 Å². The van der Waals surface area contributed by atoms with Crippen LogP contribution in [0.3, 0.4) is 0 Å². The molecule has 0 bridgehead atoms. The van der Waals surface area contributed by atoms with Crippen molar-refractivity contribution in [1.82, 2.24) is 14.5 Å². The first-order valence-corrected chi connectivity index (χ1v) is 12.4. The average Bonchev–Trinajstić information content (AvgIpc) is 3.13. The van der Waals surface area contributed by atoms with E-state index in [9.17, 15) is 43.2 Å². The van der Waals surface area contributed by atoms with Gasteiger partial charge in [-0.15, -0.1) is 0 Å². The standard InChI is InChI=1S/C19H15F6N3O4S2/c1-3-33(29,30)15-8-12(18(20,21)22)9-26-16(15)17-27-10-14(28(17)2)11-5-4-6-13(7-11)34(31,32)19(23,24)25/h4-10H,3H2,1-2H3. The Morgan fingerprint density at radius 2 is 1.59 bits per heavy atom. The number of benzene rings is 1. The molecule has 34 heavy (non-hydrogen) atoms. The van der Waals surface area contributed by atoms with Crippen LogP contribution in [0.1, 0.15) is 12.5 Å². The summed E-state index contributed by atoms with van der Waals surface area (Å²) in [7, 11) is -8.51. The molecule has 0 atom stereocenters. The number of nitrogens with zero attached hydrogens (tertiary/aromatic N) is 3. The van der Waals surface area contributed by atoms with E-state index in [1.54, 1.807) is 0 Å². The SMILES string of the molecule is CCS(=O)(=O)c1cc(C(F)(F)F)cnc1-c1ncc(-c2cccc(S(=O)(=O)C(F)(F)F)c2)n1C. The third-order valence-corrected chi connectivity index (χ3v) is 8.07. The van der Waals surface area contributed by atoms with Gasteiger partial charge in [0.1, 0.15) is 5.69 Å². The summed E-state index contributed by atoms with van der Waals surface area (Å²) in [5, 5.41) is 0. The van der Waals surface area contributed by atoms with E-state index in [1.165, 1.54) is 24.6 Å². The number of hydrogen-bond donors (Lipinski definition) is 0. The van der Waals surface area contributed by atoms with E-state index in [4.69, 9.17) is 0 Å². The van der Waals surface area contributed by atoms with Gasteiger partial charge in [-0.1, -0.05) is 19.1 Å². The van der Waals surface area contributed by atoms with E-state index in [0.29, 0.717) is 12.3 Å². The summed E-state index contributed by atoms with van der Waals surface area (Å²) in [4.78, 5) is 5.90. The lowest BCUT2D eigenvalue weighted by atomic mass is 10.2. The van der Waals surface area contributed by atoms with Crippen molar-refractivity contribution in [3.63, 3.8) is 0 Å². The number of hydrogen-bond acceptors (Lipinski definition) is 6. The average molecular weight is 527 g/mol. The smallest absolute Gasteiger partial charge is 0.326 e. The maximum Gasteiger partial charge on any atom is 0.501 e. The van der Waals surface area contributed by atoms with Crippen LogP contribution in [-0.4, -0.2) is 42.6 Å². The van der Waals surface area contributed by atoms with Crippen LogP contribution >= 0.6 is 0 Å². The Hall–Kier alpha value is -2.94. The van der Waals surface area contributed by atoms with Crippen molar-refractivity contribution in [3.8, 4) is 22.8 Å². The number of aromatic nitrogens is 3. The Labute approximate surface area is 189 Å². The highest BCUT2D eigenvalue weighted by Crippen LogP contribution is 2.36. The van der Waals surface area contributed by atoms with Gasteiger partial charge >= 0.3 is 11.7 Å². The molecule has 0 amide bonds. The monoisotopic (exact) mass is 527 g/mol. The minimum absolute atomic E-state index is 0.0154. The molecule has 15 heteroatoms. The lowest BCUT2D eigenvalue weighted by Gasteiger charge is -2.13. The second-order valence-corrected chi connectivity index (χ2v) is 11.2. The van der Waals surface area contributed by atoms with Crippen molar-refractivity contribution in [2.45, 2.75) is 28.4 Å². The second kappa shape index (κ2) is 8.37. The number of rotatable bonds is 5. The van der Waals surface area contributed by atoms with Crippen molar-refractivity contribution in [3.05, 3.63) is 48.3 Å². The fourth-order valence-electron chi connectivity index (χ4n) is 3.01. The minimum Gasteiger partial charge on any atom is -0.326 e. The number of imidazole rings is 1. The lowest BCUT2D eigenvalue weighted by Crippen LogP contribution is -2.23. The van der Waals surface area contributed by atoms with Gasteiger partial charge in [-0.05, 0) is 18.2 Å². The highest BCUT2D eigenvalue weighted by atomic mass is 32.2. The highest BCUT2D eigenvalue weighted by Gasteiger charge is 2.47. The predicted octanol–water partition coefficient (Wildman–Crippen LogP) is 4.26. The van der Waals surface area contributed by atoms with Crippen molar-refractivity contribution in [1.29, 1.82) is 0 Å². The first kappa shape index (κ1) is 25.7. The fourth-order valence-corrected chi connectivity index (χ4v) is 4.88. The number of alkyl halides is 6. The molecule has 0 saturated carbocycles. The zero-order valence-electron chi connectivity index (χ0n) is 17.3. The maximum atomic E-state index is 13.1. The van der Waals surface area contributed by atoms with Crippen molar-refractivity contribution in [2.24, 2.45) is 7.05 Å². The Kier molecular flexibility index (Phi) is 6.32. The molecular weight excluding hydrogens is 512 g/mol. The molecular formula is C19H15F6N3O4S2. The van der Waals surface area contributed by atoms with Crippen molar-refractivity contribution in [2.75, 3.05) is 5.75 Å². The summed E-state index contributed by atoms with van der Waals surface area (Å²) in [6.07, 6.45) is -3.31. The Bertz CT molecular complexity index is 1460. The Balaban J connectivity index is 2.20. The van der Waals surface area contributed by atoms with Gasteiger partial charge in [-0.3, -0.25) is 4.98 Å². The Morgan fingerprint density at radius 1 is 0.941 bits per heavy atom. The van der Waals surface area contributed by atoms with Crippen LogP contribution in [0.4, 0.5) is 26.3 Å². The molecule has 0 spiro atoms. The van der Waals surface area contributed by atoms with Crippen molar-refractivity contribution >= 4 is 19.7 Å². The van der Waals surface area contributed by atoms with E-state index in [0.717, 1.165) is 24.4 Å². The molecule has 0 aliphatic carbocycles. The van der Waals surface area contributed by atoms with Crippen molar-refractivity contribution < 1.29 is 43.2 Å². The zero-order chi connectivity index (χ0) is 25.7. The fraction of sp³-hybridized carbons (Fsp3) is 0.263. The number of halogens is 6. The Morgan fingerprint density at radius 3 is 2.15 bits per heavy atom. The molecule has 0 saturated heterocycles. The molecule has 2 heterocycles. The number of sulfone groups is 2. The second-order valence-electron chi connectivity index (χ2n) is 6.97. The summed E-state index contributed by atoms with van der Waals surface area (Å²) in [5.41, 5.74) is -7.17. The summed E-state index contributed by atoms with van der Waals surface area (Å²) in [5.74, 6) is -0.725. The quantitative estimate of drug-likeness (QED) is 0.460. The largest absolute Gasteiger partial charge is 0.501 e. The van der Waals surface area contributed by atoms with Crippen LogP contribution in [0, 0.1) is 0 Å². The van der Waals surface area contributed by atoms with E-state index in [1.807, 2.05) is 0 Å². The van der Waals surface area contributed by atoms with Gasteiger partial charge in [-0.25, -0.2) is 21.8 Å². The van der Waals surface area contributed by atoms with E-state index < -0.39 is 58.2 Å². The van der Waals surface area contributed by atoms with Crippen LogP contribution in [0.25, 0.3) is 22.8 Å². The molecule has 2 aromatic heterocycles. The molecule has 7 nitrogen and oxygen atoms in total. The van der Waals surface area contributed by atoms with Gasteiger partial charge in [0.2, 0.25) is 0 Å². The molecule has 0 unspecified atom stereocenters. The molecule has 0 fully saturated rings. The molecule has 0 N–H and O–H groups in total. The molecule has 0 aliphatic rings. The van der Waals surface area contributed by atoms with Crippen LogP contribution in [0.5, 0.6) is 0 Å². The third kappa shape index (κ3) is 4.53. The summed E-state index contributed by atoms with van der Waals surface area (Å²) >= 11 is 0. The predicted molar refractivity (Wildman–Crippen MR) is 108 cm³/mol. The highest BCUT2D eigenvalue weighted by molar-refractivity contribution is 7.92. The van der Waals surface area contributed by atoms with E-state index in [-0.39, 0.29) is 17.1 Å². The van der Waals surface area contributed by atoms with Crippen LogP contribution in [0.15, 0.2) is 52.5 Å². The molecule has 3 aromatic rings. The molecule has 184 valence electrons. The summed E-state index contributed by atoms with van der Waals surface area (Å²) < 4.78 is 128. The van der Waals surface area contributed by atoms with Gasteiger partial charge in [-0.2, -0.15) is 26.3 Å². The minimum atomic E-state index is -5.64. The molecule has 1 aromatic carbocycles. The van der Waals surface area contributed by atoms with Crippen LogP contribution < -0.4 is 0 Å². The first-order chi connectivity index (χ1) is 15.5. The summed E-state index contributed by atoms with van der Waals surface area (Å²) in [6.45, 7) is 1.23. The topological polar surface area (TPSA) is 99.0 Å². The zero-order valence-corrected chi connectivity index (χ0v) is 18.9. The molecule has 0 radical (unpaired) electrons. The van der Waals surface area contributed by atoms with Gasteiger partial charge in [0.05, 0.1) is 33.0 Å². The van der Waals surface area contributed by atoms with Crippen LogP contribution in [0.2, 0.25) is 0 Å². The summed E-state index contributed by atoms with van der Waals surface area (Å²) in [6, 6.07) is 4.32. The van der Waals surface area contributed by atoms with Gasteiger partial charge in [0, 0.05) is 18.8 Å². The van der Waals surface area contributed by atoms with Gasteiger partial charge in [0.25, 0.3) is 9.84 Å². The van der Waals surface area contributed by atoms with Crippen LogP contribution in [-0.2, 0) is 32.9 Å². The van der Waals surface area contributed by atoms with Gasteiger partial charge < -0.3 is 4.57 Å². The van der Waals surface area contributed by atoms with E-state index in [2.05, 4.69) is 9.97 Å². The molecule has 3 rings (SSSR count). The third-order valence-electron chi connectivity index (χ3n) is 4.84.